The number of nitrogens with zero attached hydrogens (tertiary/aromatic N) is 6. The zero-order chi connectivity index (χ0) is 14.1. The van der Waals surface area contributed by atoms with E-state index in [1.165, 1.54) is 0 Å². The van der Waals surface area contributed by atoms with E-state index in [0.29, 0.717) is 29.2 Å². The minimum atomic E-state index is -0.147. The Morgan fingerprint density at radius 2 is 2.15 bits per heavy atom. The molecule has 0 saturated carbocycles. The van der Waals surface area contributed by atoms with E-state index in [2.05, 4.69) is 15.1 Å². The molecule has 2 aromatic rings. The molecule has 1 atom stereocenters. The largest absolute Gasteiger partial charge is 0.691 e. The normalized spacial score (nSPS) is 18.8. The fourth-order valence-corrected chi connectivity index (χ4v) is 2.56. The molecule has 0 radical (unpaired) electrons. The fourth-order valence-electron chi connectivity index (χ4n) is 2.56. The summed E-state index contributed by atoms with van der Waals surface area (Å²) in [7, 11) is 3.93. The van der Waals surface area contributed by atoms with Crippen molar-refractivity contribution < 1.29 is 9.58 Å². The number of aromatic nitrogens is 4. The van der Waals surface area contributed by atoms with Gasteiger partial charge in [0.1, 0.15) is 0 Å². The van der Waals surface area contributed by atoms with Crippen LogP contribution in [0.4, 0.5) is 0 Å². The van der Waals surface area contributed by atoms with Crippen LogP contribution >= 0.6 is 0 Å². The average molecular weight is 278 g/mol. The Morgan fingerprint density at radius 1 is 1.40 bits per heavy atom. The Bertz CT molecular complexity index is 593. The molecule has 1 unspecified atom stereocenters. The summed E-state index contributed by atoms with van der Waals surface area (Å²) in [6.07, 6.45) is 1.53. The summed E-state index contributed by atoms with van der Waals surface area (Å²) in [5.74, 6) is 0. The van der Waals surface area contributed by atoms with Crippen LogP contribution in [0.3, 0.4) is 0 Å². The molecule has 0 amide bonds. The summed E-state index contributed by atoms with van der Waals surface area (Å²) in [6.45, 7) is 2.98. The second-order valence-corrected chi connectivity index (χ2v) is 5.01. The quantitative estimate of drug-likeness (QED) is 0.552. The lowest BCUT2D eigenvalue weighted by atomic mass is 10.4. The van der Waals surface area contributed by atoms with Gasteiger partial charge in [-0.25, -0.2) is 9.88 Å². The Kier molecular flexibility index (Phi) is 3.51. The van der Waals surface area contributed by atoms with Crippen molar-refractivity contribution >= 4 is 11.2 Å². The van der Waals surface area contributed by atoms with E-state index in [1.54, 1.807) is 23.0 Å². The average Bonchev–Trinajstić information content (AvgIpc) is 2.78. The van der Waals surface area contributed by atoms with E-state index in [9.17, 15) is 5.21 Å². The van der Waals surface area contributed by atoms with Gasteiger partial charge in [0.2, 0.25) is 11.8 Å². The van der Waals surface area contributed by atoms with Crippen LogP contribution in [-0.2, 0) is 4.74 Å². The fraction of sp³-hybridized carbons (Fsp3) is 0.583. The van der Waals surface area contributed by atoms with Crippen LogP contribution in [0, 0.1) is 5.21 Å². The number of rotatable bonds is 3. The number of pyridine rings is 1. The van der Waals surface area contributed by atoms with Gasteiger partial charge in [-0.05, 0) is 26.2 Å². The van der Waals surface area contributed by atoms with Gasteiger partial charge in [0.15, 0.2) is 0 Å². The lowest BCUT2D eigenvalue weighted by molar-refractivity contribution is -0.647. The van der Waals surface area contributed by atoms with Gasteiger partial charge >= 0.3 is 0 Å². The summed E-state index contributed by atoms with van der Waals surface area (Å²) in [4.78, 5) is 9.17. The van der Waals surface area contributed by atoms with Crippen LogP contribution in [0.5, 0.6) is 0 Å². The third-order valence-electron chi connectivity index (χ3n) is 3.42. The first-order valence-corrected chi connectivity index (χ1v) is 6.60. The van der Waals surface area contributed by atoms with Crippen molar-refractivity contribution in [2.75, 3.05) is 40.4 Å². The molecule has 0 spiro atoms. The highest BCUT2D eigenvalue weighted by molar-refractivity contribution is 5.65. The number of hydrogen-bond donors (Lipinski definition) is 0. The highest BCUT2D eigenvalue weighted by Crippen LogP contribution is 2.19. The zero-order valence-corrected chi connectivity index (χ0v) is 11.6. The lowest BCUT2D eigenvalue weighted by Gasteiger charge is -2.34. The lowest BCUT2D eigenvalue weighted by Crippen LogP contribution is -2.48. The molecule has 8 heteroatoms. The molecule has 0 aromatic carbocycles. The maximum Gasteiger partial charge on any atom is 0.295 e. The van der Waals surface area contributed by atoms with Crippen molar-refractivity contribution in [3.8, 4) is 0 Å². The van der Waals surface area contributed by atoms with Crippen LogP contribution < -0.4 is 4.85 Å². The molecule has 3 heterocycles. The van der Waals surface area contributed by atoms with Gasteiger partial charge < -0.3 is 9.94 Å². The van der Waals surface area contributed by atoms with Crippen molar-refractivity contribution in [1.82, 2.24) is 24.7 Å². The molecule has 2 aromatic heterocycles. The monoisotopic (exact) mass is 278 g/mol. The minimum Gasteiger partial charge on any atom is -0.691 e. The van der Waals surface area contributed by atoms with Gasteiger partial charge in [-0.1, -0.05) is 4.68 Å². The third-order valence-corrected chi connectivity index (χ3v) is 3.42. The Morgan fingerprint density at radius 3 is 2.85 bits per heavy atom. The van der Waals surface area contributed by atoms with Crippen LogP contribution in [0.25, 0.3) is 11.2 Å². The third kappa shape index (κ3) is 2.21. The summed E-state index contributed by atoms with van der Waals surface area (Å²) < 4.78 is 7.06. The van der Waals surface area contributed by atoms with E-state index in [0.717, 1.165) is 13.1 Å². The summed E-state index contributed by atoms with van der Waals surface area (Å²) in [5, 5.41) is 16.0. The second-order valence-electron chi connectivity index (χ2n) is 5.01. The second kappa shape index (κ2) is 5.31. The van der Waals surface area contributed by atoms with E-state index < -0.39 is 0 Å². The first-order valence-electron chi connectivity index (χ1n) is 6.60. The first kappa shape index (κ1) is 13.2. The topological polar surface area (TPSA) is 73.4 Å². The first-order chi connectivity index (χ1) is 9.68. The molecule has 1 saturated heterocycles. The van der Waals surface area contributed by atoms with Gasteiger partial charge in [-0.2, -0.15) is 0 Å². The van der Waals surface area contributed by atoms with Crippen LogP contribution in [0.2, 0.25) is 0 Å². The molecule has 3 rings (SSSR count). The Hall–Kier alpha value is -1.77. The number of hydrogen-bond acceptors (Lipinski definition) is 6. The molecule has 1 aliphatic rings. The molecule has 0 N–H and O–H groups in total. The predicted molar refractivity (Wildman–Crippen MR) is 71.6 cm³/mol. The smallest absolute Gasteiger partial charge is 0.295 e. The van der Waals surface area contributed by atoms with Gasteiger partial charge in [-0.3, -0.25) is 4.90 Å². The van der Waals surface area contributed by atoms with E-state index in [1.807, 2.05) is 19.0 Å². The molecule has 1 aliphatic heterocycles. The van der Waals surface area contributed by atoms with Crippen LogP contribution in [0.1, 0.15) is 6.29 Å². The summed E-state index contributed by atoms with van der Waals surface area (Å²) >= 11 is 0. The maximum atomic E-state index is 11.9. The summed E-state index contributed by atoms with van der Waals surface area (Å²) in [5.41, 5.74) is 1.07. The molecular formula is C12H18N6O2. The Balaban J connectivity index is 2.05. The van der Waals surface area contributed by atoms with Crippen molar-refractivity contribution in [1.29, 1.82) is 0 Å². The molecule has 108 valence electrons. The van der Waals surface area contributed by atoms with Gasteiger partial charge in [0.05, 0.1) is 18.4 Å². The van der Waals surface area contributed by atoms with Crippen molar-refractivity contribution in [2.45, 2.75) is 6.29 Å². The predicted octanol–water partition coefficient (Wildman–Crippen LogP) is -0.585. The molecule has 8 nitrogen and oxygen atoms in total. The number of morpholine rings is 1. The standard InChI is InChI=1S/C12H18N6O2/c1-15(2)12(16-6-8-20-9-7-16)17-11-10(18(19)14-17)4-3-5-13-11/h3-5,12H,6-9H2,1-2H3. The highest BCUT2D eigenvalue weighted by Gasteiger charge is 2.32. The van der Waals surface area contributed by atoms with Gasteiger partial charge in [0.25, 0.3) is 5.65 Å². The van der Waals surface area contributed by atoms with E-state index in [-0.39, 0.29) is 6.29 Å². The molecule has 0 bridgehead atoms. The molecular weight excluding hydrogens is 260 g/mol. The van der Waals surface area contributed by atoms with E-state index in [4.69, 9.17) is 4.74 Å². The number of ether oxygens (including phenoxy) is 1. The molecule has 1 fully saturated rings. The SMILES string of the molecule is CN(C)C(N1CCOCC1)n1n[n+]([O-])c2cccnc21. The zero-order valence-electron chi connectivity index (χ0n) is 11.6. The summed E-state index contributed by atoms with van der Waals surface area (Å²) in [6, 6.07) is 3.47. The minimum absolute atomic E-state index is 0.147. The Labute approximate surface area is 116 Å². The van der Waals surface area contributed by atoms with Crippen molar-refractivity contribution in [3.05, 3.63) is 23.5 Å². The van der Waals surface area contributed by atoms with Crippen molar-refractivity contribution in [3.63, 3.8) is 0 Å². The molecule has 0 aliphatic carbocycles. The molecule has 20 heavy (non-hydrogen) atoms. The van der Waals surface area contributed by atoms with Crippen LogP contribution in [0.15, 0.2) is 18.3 Å². The maximum absolute atomic E-state index is 11.9. The van der Waals surface area contributed by atoms with Crippen LogP contribution in [-0.4, -0.2) is 65.1 Å². The van der Waals surface area contributed by atoms with Gasteiger partial charge in [-0.15, -0.1) is 4.85 Å². The van der Waals surface area contributed by atoms with E-state index >= 15 is 0 Å². The highest BCUT2D eigenvalue weighted by atomic mass is 16.5. The van der Waals surface area contributed by atoms with Gasteiger partial charge in [0, 0.05) is 19.3 Å². The van der Waals surface area contributed by atoms with Crippen molar-refractivity contribution in [2.24, 2.45) is 0 Å². The number of fused-ring (bicyclic) bond motifs is 1.